The summed E-state index contributed by atoms with van der Waals surface area (Å²) in [6.07, 6.45) is 1.91. The van der Waals surface area contributed by atoms with E-state index in [4.69, 9.17) is 28.1 Å². The van der Waals surface area contributed by atoms with E-state index in [0.29, 0.717) is 28.5 Å². The van der Waals surface area contributed by atoms with Gasteiger partial charge in [0.1, 0.15) is 17.5 Å². The fourth-order valence-corrected chi connectivity index (χ4v) is 3.69. The van der Waals surface area contributed by atoms with Gasteiger partial charge in [0.15, 0.2) is 0 Å². The molecule has 1 aliphatic rings. The summed E-state index contributed by atoms with van der Waals surface area (Å²) in [7, 11) is 1.30. The fourth-order valence-electron chi connectivity index (χ4n) is 2.62. The molecule has 10 heteroatoms. The van der Waals surface area contributed by atoms with Gasteiger partial charge in [0, 0.05) is 0 Å². The maximum absolute atomic E-state index is 11.7. The van der Waals surface area contributed by atoms with Gasteiger partial charge < -0.3 is 9.47 Å². The lowest BCUT2D eigenvalue weighted by molar-refractivity contribution is -0.142. The Balaban J connectivity index is 1.67. The molecular weight excluding hydrogens is 451 g/mol. The lowest BCUT2D eigenvalue weighted by atomic mass is 10.1. The van der Waals surface area contributed by atoms with E-state index in [2.05, 4.69) is 14.9 Å². The van der Waals surface area contributed by atoms with E-state index in [9.17, 15) is 14.4 Å². The minimum absolute atomic E-state index is 0.280. The molecule has 0 saturated carbocycles. The van der Waals surface area contributed by atoms with Crippen LogP contribution in [-0.4, -0.2) is 30.3 Å². The monoisotopic (exact) mass is 466 g/mol. The number of amides is 2. The highest BCUT2D eigenvalue weighted by molar-refractivity contribution is 8.18. The number of methoxy groups -OCH3 is 1. The summed E-state index contributed by atoms with van der Waals surface area (Å²) in [5.41, 5.74) is 1.46. The fraction of sp³-hybridized carbons (Fsp3) is 0.150. The normalized spacial score (nSPS) is 15.8. The second-order valence-corrected chi connectivity index (χ2v) is 7.81. The molecule has 1 fully saturated rings. The minimum atomic E-state index is -0.653. The van der Waals surface area contributed by atoms with Gasteiger partial charge in [-0.25, -0.2) is 4.84 Å². The van der Waals surface area contributed by atoms with Crippen LogP contribution in [0.1, 0.15) is 11.1 Å². The highest BCUT2D eigenvalue weighted by atomic mass is 35.5. The molecule has 0 aromatic heterocycles. The van der Waals surface area contributed by atoms with Crippen LogP contribution in [-0.2, 0) is 20.7 Å². The molecule has 1 heterocycles. The first kappa shape index (κ1) is 22.2. The lowest BCUT2D eigenvalue weighted by Crippen LogP contribution is -2.33. The quantitative estimate of drug-likeness (QED) is 0.357. The van der Waals surface area contributed by atoms with Gasteiger partial charge in [-0.2, -0.15) is 0 Å². The zero-order valence-electron chi connectivity index (χ0n) is 15.6. The molecule has 2 N–H and O–H groups in total. The Kier molecular flexibility index (Phi) is 7.38. The van der Waals surface area contributed by atoms with E-state index in [1.807, 2.05) is 12.1 Å². The average molecular weight is 467 g/mol. The third kappa shape index (κ3) is 5.54. The van der Waals surface area contributed by atoms with Crippen LogP contribution in [0.4, 0.5) is 4.79 Å². The van der Waals surface area contributed by atoms with E-state index in [1.54, 1.807) is 36.4 Å². The number of ether oxygens (including phenoxy) is 2. The maximum Gasteiger partial charge on any atom is 0.324 e. The number of carbonyl (C=O) groups is 3. The summed E-state index contributed by atoms with van der Waals surface area (Å²) >= 11 is 12.7. The topological polar surface area (TPSA) is 93.7 Å². The molecule has 2 aromatic rings. The van der Waals surface area contributed by atoms with Crippen molar-refractivity contribution in [3.05, 3.63) is 63.5 Å². The number of esters is 1. The largest absolute Gasteiger partial charge is 0.468 e. The van der Waals surface area contributed by atoms with Crippen molar-refractivity contribution in [1.82, 2.24) is 10.2 Å². The van der Waals surface area contributed by atoms with Crippen LogP contribution in [0.25, 0.3) is 6.08 Å². The number of benzene rings is 2. The second kappa shape index (κ2) is 9.99. The molecule has 1 saturated heterocycles. The number of halogens is 2. The molecule has 0 radical (unpaired) electrons. The summed E-state index contributed by atoms with van der Waals surface area (Å²) in [6, 6.07) is 11.5. The van der Waals surface area contributed by atoms with Crippen molar-refractivity contribution in [2.45, 2.75) is 12.5 Å². The van der Waals surface area contributed by atoms with E-state index in [-0.39, 0.29) is 4.91 Å². The van der Waals surface area contributed by atoms with Crippen LogP contribution < -0.4 is 14.9 Å². The number of hydrogen-bond donors (Lipinski definition) is 2. The van der Waals surface area contributed by atoms with Crippen LogP contribution in [0.5, 0.6) is 11.5 Å². The van der Waals surface area contributed by atoms with Crippen molar-refractivity contribution in [3.63, 3.8) is 0 Å². The maximum atomic E-state index is 11.7. The number of thioether (sulfide) groups is 1. The summed E-state index contributed by atoms with van der Waals surface area (Å²) < 4.78 is 10.5. The van der Waals surface area contributed by atoms with Crippen molar-refractivity contribution in [2.75, 3.05) is 7.11 Å². The van der Waals surface area contributed by atoms with Gasteiger partial charge in [-0.05, 0) is 77.5 Å². The number of rotatable bonds is 7. The minimum Gasteiger partial charge on any atom is -0.468 e. The predicted molar refractivity (Wildman–Crippen MR) is 116 cm³/mol. The van der Waals surface area contributed by atoms with Crippen LogP contribution in [0.3, 0.4) is 0 Å². The van der Waals surface area contributed by atoms with E-state index >= 15 is 0 Å². The third-order valence-corrected chi connectivity index (χ3v) is 5.52. The molecule has 3 rings (SSSR count). The third-order valence-electron chi connectivity index (χ3n) is 4.12. The molecule has 2 aromatic carbocycles. The molecule has 0 aliphatic carbocycles. The van der Waals surface area contributed by atoms with Gasteiger partial charge in [-0.1, -0.05) is 23.7 Å². The van der Waals surface area contributed by atoms with Gasteiger partial charge in [0.25, 0.3) is 11.1 Å². The van der Waals surface area contributed by atoms with Crippen molar-refractivity contribution in [3.8, 4) is 11.5 Å². The van der Waals surface area contributed by atoms with Gasteiger partial charge in [0.05, 0.1) is 17.0 Å². The van der Waals surface area contributed by atoms with Crippen molar-refractivity contribution in [1.29, 1.82) is 0 Å². The Morgan fingerprint density at radius 3 is 2.47 bits per heavy atom. The Labute approximate surface area is 186 Å². The SMILES string of the molecule is COC(=O)[C@H](Cc1ccc(Oc2ccc(/C=C3\SC(=O)NC3=O)c(Cl)c2)cc1)NCl. The zero-order valence-corrected chi connectivity index (χ0v) is 17.9. The van der Waals surface area contributed by atoms with Crippen molar-refractivity contribution < 1.29 is 23.9 Å². The molecular formula is C20H16Cl2N2O5S. The smallest absolute Gasteiger partial charge is 0.324 e. The van der Waals surface area contributed by atoms with Crippen LogP contribution >= 0.6 is 35.1 Å². The zero-order chi connectivity index (χ0) is 21.7. The Bertz CT molecular complexity index is 1010. The van der Waals surface area contributed by atoms with Gasteiger partial charge in [0.2, 0.25) is 0 Å². The molecule has 1 atom stereocenters. The highest BCUT2D eigenvalue weighted by Crippen LogP contribution is 2.31. The number of carbonyl (C=O) groups excluding carboxylic acids is 3. The molecule has 0 spiro atoms. The lowest BCUT2D eigenvalue weighted by Gasteiger charge is -2.13. The van der Waals surface area contributed by atoms with Crippen LogP contribution in [0.2, 0.25) is 5.02 Å². The van der Waals surface area contributed by atoms with Gasteiger partial charge >= 0.3 is 5.97 Å². The summed E-state index contributed by atoms with van der Waals surface area (Å²) in [5.74, 6) is 0.184. The average Bonchev–Trinajstić information content (AvgIpc) is 3.05. The Hall–Kier alpha value is -2.52. The van der Waals surface area contributed by atoms with Crippen LogP contribution in [0, 0.1) is 0 Å². The Morgan fingerprint density at radius 2 is 1.90 bits per heavy atom. The standard InChI is InChI=1S/C20H16Cl2N2O5S/c1-28-19(26)16(24-22)8-11-2-5-13(6-3-11)29-14-7-4-12(15(21)10-14)9-17-18(25)23-20(27)30-17/h2-7,9-10,16,24H,8H2,1H3,(H,23,25,27)/b17-9-/t16-/m0/s1. The second-order valence-electron chi connectivity index (χ2n) is 6.17. The number of imide groups is 1. The summed E-state index contributed by atoms with van der Waals surface area (Å²) in [5, 5.41) is 2.15. The molecule has 30 heavy (non-hydrogen) atoms. The molecule has 0 bridgehead atoms. The highest BCUT2D eigenvalue weighted by Gasteiger charge is 2.25. The molecule has 2 amide bonds. The van der Waals surface area contributed by atoms with E-state index in [0.717, 1.165) is 17.3 Å². The molecule has 1 aliphatic heterocycles. The summed E-state index contributed by atoms with van der Waals surface area (Å²) in [4.78, 5) is 37.2. The number of nitrogens with one attached hydrogen (secondary N) is 2. The molecule has 0 unspecified atom stereocenters. The molecule has 7 nitrogen and oxygen atoms in total. The number of hydrogen-bond acceptors (Lipinski definition) is 7. The van der Waals surface area contributed by atoms with Gasteiger partial charge in [-0.3, -0.25) is 19.7 Å². The van der Waals surface area contributed by atoms with Gasteiger partial charge in [-0.15, -0.1) is 0 Å². The first-order chi connectivity index (χ1) is 14.4. The van der Waals surface area contributed by atoms with E-state index in [1.165, 1.54) is 7.11 Å². The van der Waals surface area contributed by atoms with E-state index < -0.39 is 23.2 Å². The van der Waals surface area contributed by atoms with Crippen molar-refractivity contribution in [2.24, 2.45) is 0 Å². The molecule has 156 valence electrons. The first-order valence-electron chi connectivity index (χ1n) is 8.65. The van der Waals surface area contributed by atoms with Crippen molar-refractivity contribution >= 4 is 58.3 Å². The van der Waals surface area contributed by atoms with Crippen LogP contribution in [0.15, 0.2) is 47.4 Å². The summed E-state index contributed by atoms with van der Waals surface area (Å²) in [6.45, 7) is 0. The predicted octanol–water partition coefficient (Wildman–Crippen LogP) is 4.28. The Morgan fingerprint density at radius 1 is 1.20 bits per heavy atom. The first-order valence-corrected chi connectivity index (χ1v) is 10.2.